The summed E-state index contributed by atoms with van der Waals surface area (Å²) < 4.78 is 36.4. The van der Waals surface area contributed by atoms with E-state index in [0.717, 1.165) is 14.4 Å². The number of esters is 1. The summed E-state index contributed by atoms with van der Waals surface area (Å²) in [5, 5.41) is 0.798. The third-order valence-electron chi connectivity index (χ3n) is 3.34. The summed E-state index contributed by atoms with van der Waals surface area (Å²) in [5.74, 6) is -0.200. The molecule has 8 heteroatoms. The number of rotatable bonds is 5. The number of hydrogen-bond donors (Lipinski definition) is 0. The fourth-order valence-electron chi connectivity index (χ4n) is 2.04. The summed E-state index contributed by atoms with van der Waals surface area (Å²) in [6.45, 7) is -0.129. The molecule has 0 aliphatic heterocycles. The van der Waals surface area contributed by atoms with Gasteiger partial charge in [-0.05, 0) is 29.7 Å². The second kappa shape index (κ2) is 6.39. The summed E-state index contributed by atoms with van der Waals surface area (Å²) in [7, 11) is -0.805. The average molecular weight is 365 g/mol. The lowest BCUT2D eigenvalue weighted by Gasteiger charge is -2.07. The van der Waals surface area contributed by atoms with Gasteiger partial charge in [0.05, 0.1) is 0 Å². The Labute approximate surface area is 143 Å². The first-order valence-corrected chi connectivity index (χ1v) is 9.30. The molecule has 3 rings (SSSR count). The van der Waals surface area contributed by atoms with Crippen molar-refractivity contribution in [1.29, 1.82) is 0 Å². The molecule has 0 amide bonds. The molecule has 2 aromatic heterocycles. The van der Waals surface area contributed by atoms with Crippen molar-refractivity contribution in [3.05, 3.63) is 53.1 Å². The first-order chi connectivity index (χ1) is 11.4. The number of nitrogens with zero attached hydrogens (tertiary/aromatic N) is 1. The molecule has 2 heterocycles. The van der Waals surface area contributed by atoms with Gasteiger partial charge in [-0.25, -0.2) is 17.5 Å². The van der Waals surface area contributed by atoms with Crippen LogP contribution in [-0.4, -0.2) is 32.8 Å². The van der Waals surface area contributed by atoms with E-state index >= 15 is 0 Å². The van der Waals surface area contributed by atoms with Gasteiger partial charge in [-0.15, -0.1) is 11.3 Å². The molecule has 0 spiro atoms. The summed E-state index contributed by atoms with van der Waals surface area (Å²) >= 11 is 1.35. The maximum absolute atomic E-state index is 12.1. The minimum atomic E-state index is -3.64. The predicted molar refractivity (Wildman–Crippen MR) is 90.5 cm³/mol. The maximum Gasteiger partial charge on any atom is 0.348 e. The van der Waals surface area contributed by atoms with Gasteiger partial charge in [0.1, 0.15) is 17.2 Å². The smallest absolute Gasteiger partial charge is 0.348 e. The standard InChI is InChI=1S/C16H15NO5S2/c1-17(2)24(19,20)15-8-7-12(22-15)10-21-16(18)14-9-11-5-3-4-6-13(11)23-14/h3-9H,10H2,1-2H3. The van der Waals surface area contributed by atoms with Gasteiger partial charge in [-0.2, -0.15) is 0 Å². The highest BCUT2D eigenvalue weighted by Crippen LogP contribution is 2.26. The van der Waals surface area contributed by atoms with Gasteiger partial charge in [-0.3, -0.25) is 0 Å². The largest absolute Gasteiger partial charge is 0.453 e. The summed E-state index contributed by atoms with van der Waals surface area (Å²) in [6, 6.07) is 12.3. The van der Waals surface area contributed by atoms with E-state index in [0.29, 0.717) is 4.88 Å². The van der Waals surface area contributed by atoms with Gasteiger partial charge < -0.3 is 9.15 Å². The number of carbonyl (C=O) groups excluding carboxylic acids is 1. The summed E-state index contributed by atoms with van der Waals surface area (Å²) in [5.41, 5.74) is 0. The quantitative estimate of drug-likeness (QED) is 0.649. The van der Waals surface area contributed by atoms with Gasteiger partial charge in [0, 0.05) is 18.8 Å². The van der Waals surface area contributed by atoms with Crippen molar-refractivity contribution in [2.45, 2.75) is 11.7 Å². The fourth-order valence-corrected chi connectivity index (χ4v) is 3.81. The number of thiophene rings is 1. The Balaban J connectivity index is 1.70. The zero-order chi connectivity index (χ0) is 17.3. The second-order valence-electron chi connectivity index (χ2n) is 5.23. The van der Waals surface area contributed by atoms with Gasteiger partial charge in [-0.1, -0.05) is 18.2 Å². The molecule has 0 radical (unpaired) electrons. The molecular formula is C16H15NO5S2. The normalized spacial score (nSPS) is 12.0. The summed E-state index contributed by atoms with van der Waals surface area (Å²) in [4.78, 5) is 12.6. The number of carbonyl (C=O) groups is 1. The van der Waals surface area contributed by atoms with Crippen molar-refractivity contribution in [2.24, 2.45) is 0 Å². The van der Waals surface area contributed by atoms with Crippen molar-refractivity contribution in [3.8, 4) is 0 Å². The van der Waals surface area contributed by atoms with Crippen molar-refractivity contribution >= 4 is 37.4 Å². The number of benzene rings is 1. The fraction of sp³-hybridized carbons (Fsp3) is 0.188. The Kier molecular flexibility index (Phi) is 4.44. The monoisotopic (exact) mass is 365 g/mol. The van der Waals surface area contributed by atoms with Crippen LogP contribution >= 0.6 is 11.3 Å². The van der Waals surface area contributed by atoms with E-state index in [1.807, 2.05) is 24.3 Å². The topological polar surface area (TPSA) is 76.8 Å². The van der Waals surface area contributed by atoms with Gasteiger partial charge >= 0.3 is 5.97 Å². The van der Waals surface area contributed by atoms with Crippen LogP contribution in [0.4, 0.5) is 0 Å². The number of hydrogen-bond acceptors (Lipinski definition) is 6. The lowest BCUT2D eigenvalue weighted by molar-refractivity contribution is 0.0446. The van der Waals surface area contributed by atoms with Crippen LogP contribution in [0.1, 0.15) is 15.4 Å². The third kappa shape index (κ3) is 3.21. The Morgan fingerprint density at radius 3 is 2.67 bits per heavy atom. The first kappa shape index (κ1) is 16.7. The number of furan rings is 1. The molecule has 0 saturated carbocycles. The molecule has 0 N–H and O–H groups in total. The molecule has 6 nitrogen and oxygen atoms in total. The summed E-state index contributed by atoms with van der Waals surface area (Å²) in [6.07, 6.45) is 0. The molecule has 0 fully saturated rings. The SMILES string of the molecule is CN(C)S(=O)(=O)c1ccc(COC(=O)c2cc3ccccc3s2)o1. The van der Waals surface area contributed by atoms with Crippen LogP contribution in [0, 0.1) is 0 Å². The van der Waals surface area contributed by atoms with Crippen LogP contribution in [0.25, 0.3) is 10.1 Å². The Bertz CT molecular complexity index is 952. The van der Waals surface area contributed by atoms with E-state index in [4.69, 9.17) is 9.15 Å². The van der Waals surface area contributed by atoms with Crippen LogP contribution in [0.5, 0.6) is 0 Å². The molecular weight excluding hydrogens is 350 g/mol. The van der Waals surface area contributed by atoms with Gasteiger partial charge in [0.2, 0.25) is 5.09 Å². The second-order valence-corrected chi connectivity index (χ2v) is 8.40. The lowest BCUT2D eigenvalue weighted by atomic mass is 10.2. The van der Waals surface area contributed by atoms with Crippen LogP contribution in [-0.2, 0) is 21.4 Å². The Hall–Kier alpha value is -2.16. The van der Waals surface area contributed by atoms with E-state index in [1.54, 1.807) is 6.07 Å². The Morgan fingerprint density at radius 2 is 1.96 bits per heavy atom. The highest BCUT2D eigenvalue weighted by atomic mass is 32.2. The van der Waals surface area contributed by atoms with Crippen LogP contribution in [0.3, 0.4) is 0 Å². The van der Waals surface area contributed by atoms with Gasteiger partial charge in [0.15, 0.2) is 0 Å². The molecule has 0 aliphatic carbocycles. The number of sulfonamides is 1. The van der Waals surface area contributed by atoms with Crippen molar-refractivity contribution in [1.82, 2.24) is 4.31 Å². The first-order valence-electron chi connectivity index (χ1n) is 7.05. The zero-order valence-electron chi connectivity index (χ0n) is 13.1. The van der Waals surface area contributed by atoms with E-state index in [-0.39, 0.29) is 17.5 Å². The molecule has 3 aromatic rings. The molecule has 0 atom stereocenters. The molecule has 0 bridgehead atoms. The van der Waals surface area contributed by atoms with E-state index in [2.05, 4.69) is 0 Å². The highest BCUT2D eigenvalue weighted by Gasteiger charge is 2.22. The van der Waals surface area contributed by atoms with Crippen LogP contribution in [0.15, 0.2) is 52.0 Å². The highest BCUT2D eigenvalue weighted by molar-refractivity contribution is 7.88. The molecule has 0 unspecified atom stereocenters. The zero-order valence-corrected chi connectivity index (χ0v) is 14.7. The van der Waals surface area contributed by atoms with Crippen LogP contribution in [0.2, 0.25) is 0 Å². The molecule has 0 aliphatic rings. The molecule has 126 valence electrons. The molecule has 0 saturated heterocycles. The minimum Gasteiger partial charge on any atom is -0.453 e. The molecule has 24 heavy (non-hydrogen) atoms. The van der Waals surface area contributed by atoms with E-state index in [1.165, 1.54) is 37.6 Å². The lowest BCUT2D eigenvalue weighted by Crippen LogP contribution is -2.21. The van der Waals surface area contributed by atoms with Gasteiger partial charge in [0.25, 0.3) is 10.0 Å². The number of fused-ring (bicyclic) bond motifs is 1. The van der Waals surface area contributed by atoms with Crippen molar-refractivity contribution in [3.63, 3.8) is 0 Å². The third-order valence-corrected chi connectivity index (χ3v) is 6.13. The predicted octanol–water partition coefficient (Wildman–Crippen LogP) is 3.10. The average Bonchev–Trinajstić information content (AvgIpc) is 3.19. The Morgan fingerprint density at radius 1 is 1.21 bits per heavy atom. The van der Waals surface area contributed by atoms with Crippen LogP contribution < -0.4 is 0 Å². The molecule has 1 aromatic carbocycles. The van der Waals surface area contributed by atoms with Crippen molar-refractivity contribution in [2.75, 3.05) is 14.1 Å². The minimum absolute atomic E-state index is 0.129. The van der Waals surface area contributed by atoms with E-state index < -0.39 is 16.0 Å². The maximum atomic E-state index is 12.1. The van der Waals surface area contributed by atoms with Crippen molar-refractivity contribution < 1.29 is 22.4 Å². The number of ether oxygens (including phenoxy) is 1. The van der Waals surface area contributed by atoms with E-state index in [9.17, 15) is 13.2 Å².